The molecule has 0 amide bonds. The van der Waals surface area contributed by atoms with Crippen LogP contribution in [0.4, 0.5) is 0 Å². The highest BCUT2D eigenvalue weighted by atomic mass is 32.2. The molecule has 0 radical (unpaired) electrons. The van der Waals surface area contributed by atoms with Gasteiger partial charge in [0.15, 0.2) is 0 Å². The average Bonchev–Trinajstić information content (AvgIpc) is 2.54. The SMILES string of the molecule is Cc1cc(C)c(SC2CCNCC2)c(Cn2ccc(=O)[nH]c2=O)c1. The van der Waals surface area contributed by atoms with Crippen molar-refractivity contribution in [1.82, 2.24) is 14.9 Å². The lowest BCUT2D eigenvalue weighted by molar-refractivity contribution is 0.531. The Kier molecular flexibility index (Phi) is 5.26. The molecule has 2 N–H and O–H groups in total. The molecular formula is C18H23N3O2S. The molecule has 0 aliphatic carbocycles. The van der Waals surface area contributed by atoms with Crippen molar-refractivity contribution in [2.75, 3.05) is 13.1 Å². The van der Waals surface area contributed by atoms with Crippen molar-refractivity contribution in [3.05, 3.63) is 61.9 Å². The Morgan fingerprint density at radius 1 is 1.21 bits per heavy atom. The fourth-order valence-corrected chi connectivity index (χ4v) is 4.49. The number of aromatic amines is 1. The van der Waals surface area contributed by atoms with E-state index in [0.29, 0.717) is 11.8 Å². The van der Waals surface area contributed by atoms with E-state index in [0.717, 1.165) is 31.5 Å². The van der Waals surface area contributed by atoms with Gasteiger partial charge in [-0.1, -0.05) is 17.7 Å². The summed E-state index contributed by atoms with van der Waals surface area (Å²) in [4.78, 5) is 26.9. The molecule has 2 aromatic rings. The van der Waals surface area contributed by atoms with Gasteiger partial charge in [0.25, 0.3) is 5.56 Å². The molecule has 1 aliphatic rings. The lowest BCUT2D eigenvalue weighted by atomic mass is 10.1. The Bertz CT molecular complexity index is 835. The number of H-pyrrole nitrogens is 1. The Morgan fingerprint density at radius 3 is 2.67 bits per heavy atom. The molecule has 0 atom stereocenters. The predicted molar refractivity (Wildman–Crippen MR) is 98.1 cm³/mol. The fraction of sp³-hybridized carbons (Fsp3) is 0.444. The van der Waals surface area contributed by atoms with Crippen molar-refractivity contribution in [1.29, 1.82) is 0 Å². The van der Waals surface area contributed by atoms with Gasteiger partial charge < -0.3 is 5.32 Å². The standard InChI is InChI=1S/C18H23N3O2S/c1-12-9-13(2)17(24-15-3-6-19-7-4-15)14(10-12)11-21-8-5-16(22)20-18(21)23/h5,8-10,15,19H,3-4,6-7,11H2,1-2H3,(H,20,22,23). The zero-order valence-electron chi connectivity index (χ0n) is 14.1. The molecule has 128 valence electrons. The van der Waals surface area contributed by atoms with Gasteiger partial charge >= 0.3 is 5.69 Å². The maximum atomic E-state index is 12.0. The number of piperidine rings is 1. The molecule has 0 spiro atoms. The van der Waals surface area contributed by atoms with Gasteiger partial charge in [0, 0.05) is 22.4 Å². The number of hydrogen-bond donors (Lipinski definition) is 2. The fourth-order valence-electron chi connectivity index (χ4n) is 3.16. The predicted octanol–water partition coefficient (Wildman–Crippen LogP) is 2.05. The highest BCUT2D eigenvalue weighted by molar-refractivity contribution is 8.00. The maximum Gasteiger partial charge on any atom is 0.328 e. The number of thioether (sulfide) groups is 1. The van der Waals surface area contributed by atoms with E-state index in [1.165, 1.54) is 22.1 Å². The Balaban J connectivity index is 1.93. The van der Waals surface area contributed by atoms with Crippen molar-refractivity contribution in [2.45, 2.75) is 43.4 Å². The molecule has 1 aliphatic heterocycles. The summed E-state index contributed by atoms with van der Waals surface area (Å²) in [7, 11) is 0. The lowest BCUT2D eigenvalue weighted by Crippen LogP contribution is -2.30. The van der Waals surface area contributed by atoms with Crippen molar-refractivity contribution >= 4 is 11.8 Å². The van der Waals surface area contributed by atoms with Crippen LogP contribution in [0, 0.1) is 13.8 Å². The van der Waals surface area contributed by atoms with Crippen LogP contribution >= 0.6 is 11.8 Å². The molecule has 0 saturated carbocycles. The molecule has 1 aromatic carbocycles. The van der Waals surface area contributed by atoms with Crippen LogP contribution < -0.4 is 16.6 Å². The van der Waals surface area contributed by atoms with Gasteiger partial charge in [0.2, 0.25) is 0 Å². The lowest BCUT2D eigenvalue weighted by Gasteiger charge is -2.24. The minimum absolute atomic E-state index is 0.360. The molecule has 1 saturated heterocycles. The molecule has 5 nitrogen and oxygen atoms in total. The van der Waals surface area contributed by atoms with E-state index < -0.39 is 0 Å². The number of nitrogens with one attached hydrogen (secondary N) is 2. The van der Waals surface area contributed by atoms with Crippen molar-refractivity contribution in [3.8, 4) is 0 Å². The smallest absolute Gasteiger partial charge is 0.317 e. The van der Waals surface area contributed by atoms with Crippen LogP contribution in [0.15, 0.2) is 38.9 Å². The van der Waals surface area contributed by atoms with Crippen LogP contribution in [-0.2, 0) is 6.54 Å². The molecule has 1 aromatic heterocycles. The highest BCUT2D eigenvalue weighted by Crippen LogP contribution is 2.34. The quantitative estimate of drug-likeness (QED) is 0.890. The van der Waals surface area contributed by atoms with Crippen LogP contribution in [0.1, 0.15) is 29.5 Å². The van der Waals surface area contributed by atoms with Crippen molar-refractivity contribution < 1.29 is 0 Å². The van der Waals surface area contributed by atoms with Gasteiger partial charge in [-0.25, -0.2) is 4.79 Å². The Labute approximate surface area is 145 Å². The van der Waals surface area contributed by atoms with E-state index in [4.69, 9.17) is 0 Å². The van der Waals surface area contributed by atoms with E-state index in [-0.39, 0.29) is 11.2 Å². The second-order valence-corrected chi connectivity index (χ2v) is 7.69. The summed E-state index contributed by atoms with van der Waals surface area (Å²) >= 11 is 1.93. The monoisotopic (exact) mass is 345 g/mol. The molecule has 0 unspecified atom stereocenters. The van der Waals surface area contributed by atoms with E-state index >= 15 is 0 Å². The molecule has 2 heterocycles. The number of rotatable bonds is 4. The van der Waals surface area contributed by atoms with Gasteiger partial charge in [-0.05, 0) is 50.9 Å². The van der Waals surface area contributed by atoms with Gasteiger partial charge in [-0.2, -0.15) is 0 Å². The summed E-state index contributed by atoms with van der Waals surface area (Å²) in [6.45, 7) is 6.82. The summed E-state index contributed by atoms with van der Waals surface area (Å²) in [6, 6.07) is 5.74. The van der Waals surface area contributed by atoms with E-state index in [2.05, 4.69) is 36.3 Å². The minimum Gasteiger partial charge on any atom is -0.317 e. The first kappa shape index (κ1) is 17.0. The number of aromatic nitrogens is 2. The topological polar surface area (TPSA) is 66.9 Å². The van der Waals surface area contributed by atoms with Gasteiger partial charge in [-0.15, -0.1) is 11.8 Å². The normalized spacial score (nSPS) is 15.6. The van der Waals surface area contributed by atoms with Gasteiger partial charge in [-0.3, -0.25) is 14.3 Å². The summed E-state index contributed by atoms with van der Waals surface area (Å²) in [6.07, 6.45) is 3.89. The third kappa shape index (κ3) is 3.99. The molecule has 1 fully saturated rings. The first-order valence-corrected chi connectivity index (χ1v) is 9.18. The summed E-state index contributed by atoms with van der Waals surface area (Å²) < 4.78 is 1.56. The molecule has 3 rings (SSSR count). The third-order valence-corrected chi connectivity index (χ3v) is 5.93. The van der Waals surface area contributed by atoms with E-state index in [9.17, 15) is 9.59 Å². The summed E-state index contributed by atoms with van der Waals surface area (Å²) in [5, 5.41) is 4.01. The second-order valence-electron chi connectivity index (χ2n) is 6.38. The second kappa shape index (κ2) is 7.40. The van der Waals surface area contributed by atoms with Gasteiger partial charge in [0.1, 0.15) is 0 Å². The molecule has 0 bridgehead atoms. The largest absolute Gasteiger partial charge is 0.328 e. The summed E-state index contributed by atoms with van der Waals surface area (Å²) in [5.74, 6) is 0. The van der Waals surface area contributed by atoms with Crippen molar-refractivity contribution in [2.24, 2.45) is 0 Å². The first-order valence-electron chi connectivity index (χ1n) is 8.30. The number of nitrogens with zero attached hydrogens (tertiary/aromatic N) is 1. The van der Waals surface area contributed by atoms with E-state index in [1.807, 2.05) is 11.8 Å². The van der Waals surface area contributed by atoms with E-state index in [1.54, 1.807) is 10.8 Å². The third-order valence-electron chi connectivity index (χ3n) is 4.30. The van der Waals surface area contributed by atoms with Crippen LogP contribution in [0.5, 0.6) is 0 Å². The summed E-state index contributed by atoms with van der Waals surface area (Å²) in [5.41, 5.74) is 2.87. The zero-order valence-corrected chi connectivity index (χ0v) is 14.9. The number of hydrogen-bond acceptors (Lipinski definition) is 4. The maximum absolute atomic E-state index is 12.0. The molecular weight excluding hydrogens is 322 g/mol. The Morgan fingerprint density at radius 2 is 1.96 bits per heavy atom. The number of aryl methyl sites for hydroxylation is 2. The minimum atomic E-state index is -0.362. The average molecular weight is 345 g/mol. The number of benzene rings is 1. The molecule has 24 heavy (non-hydrogen) atoms. The van der Waals surface area contributed by atoms with Crippen LogP contribution in [0.25, 0.3) is 0 Å². The van der Waals surface area contributed by atoms with Crippen molar-refractivity contribution in [3.63, 3.8) is 0 Å². The molecule has 6 heteroatoms. The Hall–Kier alpha value is -1.79. The highest BCUT2D eigenvalue weighted by Gasteiger charge is 2.18. The zero-order chi connectivity index (χ0) is 17.1. The van der Waals surface area contributed by atoms with Crippen LogP contribution in [0.2, 0.25) is 0 Å². The van der Waals surface area contributed by atoms with Gasteiger partial charge in [0.05, 0.1) is 6.54 Å². The van der Waals surface area contributed by atoms with Crippen LogP contribution in [-0.4, -0.2) is 27.9 Å². The van der Waals surface area contributed by atoms with Crippen LogP contribution in [0.3, 0.4) is 0 Å². The first-order chi connectivity index (χ1) is 11.5.